The molecule has 0 fully saturated rings. The molecule has 7 heteroatoms. The van der Waals surface area contributed by atoms with E-state index in [-0.39, 0.29) is 23.9 Å². The number of H-pyrrole nitrogens is 1. The van der Waals surface area contributed by atoms with Crippen LogP contribution in [0.1, 0.15) is 28.4 Å². The highest BCUT2D eigenvalue weighted by atomic mass is 35.5. The van der Waals surface area contributed by atoms with E-state index in [1.807, 2.05) is 48.5 Å². The molecule has 0 aliphatic heterocycles. The number of carbonyl (C=O) groups excluding carboxylic acids is 1. The maximum absolute atomic E-state index is 13.0. The Bertz CT molecular complexity index is 1270. The number of nitrogens with one attached hydrogen (secondary N) is 2. The van der Waals surface area contributed by atoms with Crippen LogP contribution in [0, 0.1) is 6.92 Å². The summed E-state index contributed by atoms with van der Waals surface area (Å²) in [4.78, 5) is 37.0. The van der Waals surface area contributed by atoms with Crippen LogP contribution in [-0.4, -0.2) is 20.9 Å². The van der Waals surface area contributed by atoms with Gasteiger partial charge < -0.3 is 10.3 Å². The third-order valence-electron chi connectivity index (χ3n) is 5.14. The molecule has 32 heavy (non-hydrogen) atoms. The first kappa shape index (κ1) is 21.5. The van der Waals surface area contributed by atoms with Crippen LogP contribution in [0.15, 0.2) is 83.9 Å². The zero-order chi connectivity index (χ0) is 22.5. The van der Waals surface area contributed by atoms with Crippen LogP contribution in [0.5, 0.6) is 0 Å². The van der Waals surface area contributed by atoms with E-state index >= 15 is 0 Å². The lowest BCUT2D eigenvalue weighted by Crippen LogP contribution is -2.33. The number of carbonyl (C=O) groups is 1. The second-order valence-corrected chi connectivity index (χ2v) is 7.80. The second kappa shape index (κ2) is 9.58. The van der Waals surface area contributed by atoms with E-state index in [0.717, 1.165) is 11.1 Å². The van der Waals surface area contributed by atoms with Gasteiger partial charge in [-0.15, -0.1) is 0 Å². The Morgan fingerprint density at radius 2 is 1.75 bits per heavy atom. The molecule has 2 aromatic heterocycles. The van der Waals surface area contributed by atoms with E-state index in [4.69, 9.17) is 11.6 Å². The van der Waals surface area contributed by atoms with Gasteiger partial charge in [-0.05, 0) is 42.3 Å². The van der Waals surface area contributed by atoms with Crippen molar-refractivity contribution < 1.29 is 4.79 Å². The van der Waals surface area contributed by atoms with Crippen LogP contribution < -0.4 is 10.9 Å². The molecule has 4 aromatic rings. The van der Waals surface area contributed by atoms with E-state index in [9.17, 15) is 9.59 Å². The number of amides is 1. The minimum absolute atomic E-state index is 0.0849. The molecule has 0 spiro atoms. The van der Waals surface area contributed by atoms with Crippen LogP contribution in [0.2, 0.25) is 5.02 Å². The summed E-state index contributed by atoms with van der Waals surface area (Å²) in [6, 6.07) is 20.2. The standard InChI is InChI=1S/C25H21ClN4O2/c1-16-21(25(32)30-24(28-16)19-8-5-13-27-15-19)14-22(31)29-23(17-6-3-2-4-7-17)18-9-11-20(26)12-10-18/h2-13,15,23H,14H2,1H3,(H,29,31)(H,28,30,32)/t23-/m0/s1. The topological polar surface area (TPSA) is 87.7 Å². The van der Waals surface area contributed by atoms with Crippen molar-refractivity contribution in [2.24, 2.45) is 0 Å². The maximum Gasteiger partial charge on any atom is 0.255 e. The van der Waals surface area contributed by atoms with Gasteiger partial charge in [0.25, 0.3) is 5.56 Å². The van der Waals surface area contributed by atoms with E-state index in [2.05, 4.69) is 20.3 Å². The highest BCUT2D eigenvalue weighted by molar-refractivity contribution is 6.30. The second-order valence-electron chi connectivity index (χ2n) is 7.36. The fourth-order valence-electron chi connectivity index (χ4n) is 3.49. The molecule has 1 amide bonds. The van der Waals surface area contributed by atoms with Crippen molar-refractivity contribution in [2.75, 3.05) is 0 Å². The normalized spacial score (nSPS) is 11.7. The number of hydrogen-bond donors (Lipinski definition) is 2. The van der Waals surface area contributed by atoms with Crippen LogP contribution in [0.25, 0.3) is 11.4 Å². The first-order valence-electron chi connectivity index (χ1n) is 10.1. The fraction of sp³-hybridized carbons (Fsp3) is 0.120. The Labute approximate surface area is 190 Å². The first-order valence-corrected chi connectivity index (χ1v) is 10.5. The van der Waals surface area contributed by atoms with Crippen molar-refractivity contribution in [1.82, 2.24) is 20.3 Å². The lowest BCUT2D eigenvalue weighted by molar-refractivity contribution is -0.121. The molecule has 0 saturated carbocycles. The molecule has 2 heterocycles. The molecule has 0 bridgehead atoms. The van der Waals surface area contributed by atoms with Crippen molar-refractivity contribution in [3.05, 3.63) is 117 Å². The third-order valence-corrected chi connectivity index (χ3v) is 5.39. The van der Waals surface area contributed by atoms with Crippen molar-refractivity contribution in [1.29, 1.82) is 0 Å². The molecule has 0 aliphatic carbocycles. The van der Waals surface area contributed by atoms with Crippen molar-refractivity contribution in [2.45, 2.75) is 19.4 Å². The third kappa shape index (κ3) is 4.92. The highest BCUT2D eigenvalue weighted by Crippen LogP contribution is 2.24. The molecule has 0 unspecified atom stereocenters. The van der Waals surface area contributed by atoms with E-state index in [0.29, 0.717) is 27.7 Å². The number of hydrogen-bond acceptors (Lipinski definition) is 4. The highest BCUT2D eigenvalue weighted by Gasteiger charge is 2.19. The van der Waals surface area contributed by atoms with Gasteiger partial charge in [0.05, 0.1) is 12.5 Å². The monoisotopic (exact) mass is 444 g/mol. The number of aryl methyl sites for hydroxylation is 1. The van der Waals surface area contributed by atoms with Crippen LogP contribution in [0.3, 0.4) is 0 Å². The van der Waals surface area contributed by atoms with Gasteiger partial charge in [0.1, 0.15) is 5.82 Å². The Morgan fingerprint density at radius 3 is 2.41 bits per heavy atom. The van der Waals surface area contributed by atoms with Gasteiger partial charge in [-0.25, -0.2) is 4.98 Å². The molecule has 0 aliphatic rings. The number of nitrogens with zero attached hydrogens (tertiary/aromatic N) is 2. The molecule has 1 atom stereocenters. The largest absolute Gasteiger partial charge is 0.345 e. The van der Waals surface area contributed by atoms with Gasteiger partial charge in [-0.3, -0.25) is 14.6 Å². The van der Waals surface area contributed by atoms with Gasteiger partial charge in [-0.2, -0.15) is 0 Å². The number of aromatic amines is 1. The summed E-state index contributed by atoms with van der Waals surface area (Å²) in [5.41, 5.74) is 3.02. The minimum Gasteiger partial charge on any atom is -0.345 e. The fourth-order valence-corrected chi connectivity index (χ4v) is 3.62. The zero-order valence-electron chi connectivity index (χ0n) is 17.4. The smallest absolute Gasteiger partial charge is 0.255 e. The predicted octanol–water partition coefficient (Wildman–Crippen LogP) is 4.24. The predicted molar refractivity (Wildman–Crippen MR) is 124 cm³/mol. The molecule has 6 nitrogen and oxygen atoms in total. The molecule has 160 valence electrons. The summed E-state index contributed by atoms with van der Waals surface area (Å²) in [5, 5.41) is 3.66. The number of aromatic nitrogens is 3. The molecular formula is C25H21ClN4O2. The summed E-state index contributed by atoms with van der Waals surface area (Å²) >= 11 is 6.03. The summed E-state index contributed by atoms with van der Waals surface area (Å²) in [6.45, 7) is 1.73. The Kier molecular flexibility index (Phi) is 6.42. The van der Waals surface area contributed by atoms with Crippen molar-refractivity contribution in [3.63, 3.8) is 0 Å². The lowest BCUT2D eigenvalue weighted by Gasteiger charge is -2.20. The number of rotatable bonds is 6. The molecule has 0 saturated heterocycles. The number of pyridine rings is 1. The van der Waals surface area contributed by atoms with Crippen molar-refractivity contribution >= 4 is 17.5 Å². The Balaban J connectivity index is 1.58. The van der Waals surface area contributed by atoms with Crippen LogP contribution in [-0.2, 0) is 11.2 Å². The van der Waals surface area contributed by atoms with Gasteiger partial charge in [0.2, 0.25) is 5.91 Å². The van der Waals surface area contributed by atoms with Crippen LogP contribution in [0.4, 0.5) is 0 Å². The lowest BCUT2D eigenvalue weighted by atomic mass is 9.98. The average molecular weight is 445 g/mol. The van der Waals surface area contributed by atoms with E-state index < -0.39 is 0 Å². The summed E-state index contributed by atoms with van der Waals surface area (Å²) < 4.78 is 0. The van der Waals surface area contributed by atoms with E-state index in [1.54, 1.807) is 37.5 Å². The minimum atomic E-state index is -0.372. The Morgan fingerprint density at radius 1 is 1.03 bits per heavy atom. The maximum atomic E-state index is 13.0. The average Bonchev–Trinajstić information content (AvgIpc) is 2.81. The van der Waals surface area contributed by atoms with Gasteiger partial charge in [-0.1, -0.05) is 54.1 Å². The van der Waals surface area contributed by atoms with Gasteiger partial charge >= 0.3 is 0 Å². The molecule has 2 aromatic carbocycles. The summed E-state index contributed by atoms with van der Waals surface area (Å²) in [5.74, 6) is 0.145. The SMILES string of the molecule is Cc1nc(-c2cccnc2)[nH]c(=O)c1CC(=O)N[C@@H](c1ccccc1)c1ccc(Cl)cc1. The van der Waals surface area contributed by atoms with Crippen molar-refractivity contribution in [3.8, 4) is 11.4 Å². The summed E-state index contributed by atoms with van der Waals surface area (Å²) in [6.07, 6.45) is 3.19. The first-order chi connectivity index (χ1) is 15.5. The number of halogens is 1. The van der Waals surface area contributed by atoms with Crippen LogP contribution >= 0.6 is 11.6 Å². The molecular weight excluding hydrogens is 424 g/mol. The molecule has 4 rings (SSSR count). The Hall–Kier alpha value is -3.77. The van der Waals surface area contributed by atoms with Gasteiger partial charge in [0, 0.05) is 34.2 Å². The summed E-state index contributed by atoms with van der Waals surface area (Å²) in [7, 11) is 0. The van der Waals surface area contributed by atoms with E-state index in [1.165, 1.54) is 0 Å². The van der Waals surface area contributed by atoms with Gasteiger partial charge in [0.15, 0.2) is 0 Å². The molecule has 2 N–H and O–H groups in total. The molecule has 0 radical (unpaired) electrons. The quantitative estimate of drug-likeness (QED) is 0.465. The zero-order valence-corrected chi connectivity index (χ0v) is 18.1. The number of benzene rings is 2.